The van der Waals surface area contributed by atoms with Crippen molar-refractivity contribution in [2.45, 2.75) is 52.9 Å². The van der Waals surface area contributed by atoms with E-state index in [1.54, 1.807) is 0 Å². The van der Waals surface area contributed by atoms with Crippen molar-refractivity contribution in [3.05, 3.63) is 11.1 Å². The van der Waals surface area contributed by atoms with Crippen LogP contribution in [-0.4, -0.2) is 36.9 Å². The fourth-order valence-corrected chi connectivity index (χ4v) is 2.07. The Bertz CT molecular complexity index is 424. The van der Waals surface area contributed by atoms with E-state index in [-0.39, 0.29) is 25.8 Å². The van der Waals surface area contributed by atoms with Crippen LogP contribution in [0.4, 0.5) is 0 Å². The lowest BCUT2D eigenvalue weighted by Gasteiger charge is -2.20. The first-order valence-electron chi connectivity index (χ1n) is 7.74. The van der Waals surface area contributed by atoms with E-state index in [1.165, 1.54) is 0 Å². The molecule has 1 rings (SSSR count). The average molecular weight is 314 g/mol. The minimum absolute atomic E-state index is 0.118. The third-order valence-electron chi connectivity index (χ3n) is 3.99. The maximum atomic E-state index is 11.7. The molecule has 0 heterocycles. The van der Waals surface area contributed by atoms with Gasteiger partial charge in [0, 0.05) is 5.57 Å². The minimum Gasteiger partial charge on any atom is -0.478 e. The topological polar surface area (TPSA) is 82.1 Å². The van der Waals surface area contributed by atoms with Gasteiger partial charge in [0.1, 0.15) is 19.8 Å². The van der Waals surface area contributed by atoms with Crippen LogP contribution in [0.3, 0.4) is 0 Å². The molecule has 0 aromatic heterocycles. The van der Waals surface area contributed by atoms with Crippen LogP contribution < -0.4 is 0 Å². The minimum atomic E-state index is -0.881. The fraction of sp³-hybridized carbons (Fsp3) is 0.750. The summed E-state index contributed by atoms with van der Waals surface area (Å²) in [6, 6.07) is 0. The Morgan fingerprint density at radius 3 is 2.45 bits per heavy atom. The van der Waals surface area contributed by atoms with Gasteiger partial charge in [0.05, 0.1) is 5.41 Å². The number of hydrogen-bond acceptors (Lipinski definition) is 5. The van der Waals surface area contributed by atoms with E-state index in [9.17, 15) is 9.59 Å². The van der Waals surface area contributed by atoms with E-state index in [0.717, 1.165) is 24.8 Å². The van der Waals surface area contributed by atoms with Gasteiger partial charge in [0.2, 0.25) is 0 Å². The second-order valence-electron chi connectivity index (χ2n) is 6.05. The number of carboxylic acid groups (broad SMARTS) is 1. The van der Waals surface area contributed by atoms with Crippen LogP contribution >= 0.6 is 0 Å². The molecule has 0 aromatic rings. The highest BCUT2D eigenvalue weighted by atomic mass is 17.2. The molecule has 0 radical (unpaired) electrons. The van der Waals surface area contributed by atoms with Gasteiger partial charge in [-0.15, -0.1) is 0 Å². The lowest BCUT2D eigenvalue weighted by molar-refractivity contribution is -0.292. The summed E-state index contributed by atoms with van der Waals surface area (Å²) < 4.78 is 5.10. The molecule has 0 aliphatic heterocycles. The SMILES string of the molecule is CCC(C)(C)C(=O)OCCOOCC1=C(C(=O)O)CCCC1. The standard InChI is InChI=1S/C16H26O6/c1-4-16(2,3)15(19)20-9-10-21-22-11-12-7-5-6-8-13(12)14(17)18/h4-11H2,1-3H3,(H,17,18). The molecule has 6 heteroatoms. The van der Waals surface area contributed by atoms with Crippen molar-refractivity contribution in [3.63, 3.8) is 0 Å². The molecular formula is C16H26O6. The highest BCUT2D eigenvalue weighted by Gasteiger charge is 2.26. The van der Waals surface area contributed by atoms with E-state index >= 15 is 0 Å². The summed E-state index contributed by atoms with van der Waals surface area (Å²) in [7, 11) is 0. The quantitative estimate of drug-likeness (QED) is 0.305. The summed E-state index contributed by atoms with van der Waals surface area (Å²) in [6.45, 7) is 5.98. The van der Waals surface area contributed by atoms with E-state index in [4.69, 9.17) is 19.6 Å². The van der Waals surface area contributed by atoms with E-state index in [0.29, 0.717) is 18.4 Å². The first-order valence-corrected chi connectivity index (χ1v) is 7.74. The number of ether oxygens (including phenoxy) is 1. The molecule has 0 spiro atoms. The number of hydrogen-bond donors (Lipinski definition) is 1. The first-order chi connectivity index (χ1) is 10.4. The van der Waals surface area contributed by atoms with Crippen molar-refractivity contribution in [1.82, 2.24) is 0 Å². The summed E-state index contributed by atoms with van der Waals surface area (Å²) in [4.78, 5) is 32.8. The molecule has 0 aromatic carbocycles. The Kier molecular flexibility index (Phi) is 7.55. The highest BCUT2D eigenvalue weighted by Crippen LogP contribution is 2.25. The van der Waals surface area contributed by atoms with Crippen molar-refractivity contribution >= 4 is 11.9 Å². The Balaban J connectivity index is 2.23. The van der Waals surface area contributed by atoms with Crippen molar-refractivity contribution in [3.8, 4) is 0 Å². The number of esters is 1. The van der Waals surface area contributed by atoms with Gasteiger partial charge in [-0.05, 0) is 51.5 Å². The van der Waals surface area contributed by atoms with E-state index < -0.39 is 11.4 Å². The molecule has 0 saturated carbocycles. The normalized spacial score (nSPS) is 15.8. The number of rotatable bonds is 9. The zero-order valence-corrected chi connectivity index (χ0v) is 13.6. The summed E-state index contributed by atoms with van der Waals surface area (Å²) in [5, 5.41) is 9.10. The van der Waals surface area contributed by atoms with Gasteiger partial charge in [-0.25, -0.2) is 14.6 Å². The molecule has 0 fully saturated rings. The van der Waals surface area contributed by atoms with Gasteiger partial charge in [-0.1, -0.05) is 6.92 Å². The predicted molar refractivity (Wildman–Crippen MR) is 80.1 cm³/mol. The predicted octanol–water partition coefficient (Wildman–Crippen LogP) is 2.87. The highest BCUT2D eigenvalue weighted by molar-refractivity contribution is 5.87. The summed E-state index contributed by atoms with van der Waals surface area (Å²) in [5.41, 5.74) is 0.721. The monoisotopic (exact) mass is 314 g/mol. The number of carbonyl (C=O) groups excluding carboxylic acids is 1. The molecule has 6 nitrogen and oxygen atoms in total. The molecule has 1 aliphatic rings. The van der Waals surface area contributed by atoms with Crippen LogP contribution in [0.2, 0.25) is 0 Å². The summed E-state index contributed by atoms with van der Waals surface area (Å²) in [6.07, 6.45) is 3.88. The molecular weight excluding hydrogens is 288 g/mol. The molecule has 126 valence electrons. The van der Waals surface area contributed by atoms with Gasteiger partial charge in [-0.3, -0.25) is 4.79 Å². The zero-order chi connectivity index (χ0) is 16.6. The molecule has 0 amide bonds. The molecule has 0 saturated heterocycles. The Morgan fingerprint density at radius 1 is 1.14 bits per heavy atom. The van der Waals surface area contributed by atoms with Crippen LogP contribution in [0.25, 0.3) is 0 Å². The maximum Gasteiger partial charge on any atom is 0.331 e. The molecule has 1 aliphatic carbocycles. The van der Waals surface area contributed by atoms with Crippen LogP contribution in [0, 0.1) is 5.41 Å². The van der Waals surface area contributed by atoms with Gasteiger partial charge >= 0.3 is 11.9 Å². The second kappa shape index (κ2) is 8.90. The molecule has 0 atom stereocenters. The third-order valence-corrected chi connectivity index (χ3v) is 3.99. The number of carboxylic acids is 1. The first kappa shape index (κ1) is 18.6. The summed E-state index contributed by atoms with van der Waals surface area (Å²) >= 11 is 0. The van der Waals surface area contributed by atoms with Crippen LogP contribution in [0.5, 0.6) is 0 Å². The number of carbonyl (C=O) groups is 2. The molecule has 0 unspecified atom stereocenters. The second-order valence-corrected chi connectivity index (χ2v) is 6.05. The van der Waals surface area contributed by atoms with Gasteiger partial charge in [0.25, 0.3) is 0 Å². The van der Waals surface area contributed by atoms with Crippen LogP contribution in [-0.2, 0) is 24.1 Å². The van der Waals surface area contributed by atoms with Gasteiger partial charge in [-0.2, -0.15) is 0 Å². The van der Waals surface area contributed by atoms with Gasteiger partial charge in [0.15, 0.2) is 0 Å². The molecule has 1 N–H and O–H groups in total. The van der Waals surface area contributed by atoms with Crippen LogP contribution in [0.15, 0.2) is 11.1 Å². The smallest absolute Gasteiger partial charge is 0.331 e. The average Bonchev–Trinajstić information content (AvgIpc) is 2.50. The van der Waals surface area contributed by atoms with E-state index in [2.05, 4.69) is 0 Å². The Hall–Kier alpha value is -1.40. The lowest BCUT2D eigenvalue weighted by Crippen LogP contribution is -2.27. The number of aliphatic carboxylic acids is 1. The lowest BCUT2D eigenvalue weighted by atomic mass is 9.91. The van der Waals surface area contributed by atoms with Gasteiger partial charge < -0.3 is 9.84 Å². The van der Waals surface area contributed by atoms with Crippen molar-refractivity contribution in [1.29, 1.82) is 0 Å². The zero-order valence-electron chi connectivity index (χ0n) is 13.6. The van der Waals surface area contributed by atoms with Crippen LogP contribution in [0.1, 0.15) is 52.9 Å². The Labute approximate surface area is 131 Å². The third kappa shape index (κ3) is 5.77. The largest absolute Gasteiger partial charge is 0.478 e. The van der Waals surface area contributed by atoms with Crippen molar-refractivity contribution in [2.24, 2.45) is 5.41 Å². The maximum absolute atomic E-state index is 11.7. The molecule has 22 heavy (non-hydrogen) atoms. The Morgan fingerprint density at radius 2 is 1.82 bits per heavy atom. The van der Waals surface area contributed by atoms with Crippen molar-refractivity contribution in [2.75, 3.05) is 19.8 Å². The fourth-order valence-electron chi connectivity index (χ4n) is 2.07. The van der Waals surface area contributed by atoms with E-state index in [1.807, 2.05) is 20.8 Å². The van der Waals surface area contributed by atoms with Crippen molar-refractivity contribution < 1.29 is 29.2 Å². The molecule has 0 bridgehead atoms. The summed E-state index contributed by atoms with van der Waals surface area (Å²) in [5.74, 6) is -1.14.